The number of amides is 2. The lowest BCUT2D eigenvalue weighted by Gasteiger charge is -2.31. The van der Waals surface area contributed by atoms with Crippen LogP contribution in [0.4, 0.5) is 0 Å². The second kappa shape index (κ2) is 10.6. The van der Waals surface area contributed by atoms with Crippen LogP contribution in [0.2, 0.25) is 0 Å². The zero-order chi connectivity index (χ0) is 18.8. The molecule has 0 bridgehead atoms. The molecule has 1 aromatic carbocycles. The van der Waals surface area contributed by atoms with Crippen LogP contribution in [-0.2, 0) is 9.59 Å². The lowest BCUT2D eigenvalue weighted by atomic mass is 9.95. The van der Waals surface area contributed by atoms with Crippen molar-refractivity contribution in [1.82, 2.24) is 10.2 Å². The van der Waals surface area contributed by atoms with Crippen LogP contribution in [0, 0.1) is 5.92 Å². The van der Waals surface area contributed by atoms with Gasteiger partial charge in [0.1, 0.15) is 0 Å². The van der Waals surface area contributed by atoms with Gasteiger partial charge in [0.25, 0.3) is 5.91 Å². The molecule has 0 aromatic heterocycles. The fourth-order valence-corrected chi connectivity index (χ4v) is 3.22. The number of nitrogens with zero attached hydrogens (tertiary/aromatic N) is 1. The van der Waals surface area contributed by atoms with Gasteiger partial charge in [-0.25, -0.2) is 0 Å². The van der Waals surface area contributed by atoms with E-state index in [4.69, 9.17) is 5.11 Å². The monoisotopic (exact) mass is 360 g/mol. The summed E-state index contributed by atoms with van der Waals surface area (Å²) in [6.07, 6.45) is 4.98. The fourth-order valence-electron chi connectivity index (χ4n) is 3.22. The van der Waals surface area contributed by atoms with Crippen LogP contribution in [0.3, 0.4) is 0 Å². The lowest BCUT2D eigenvalue weighted by molar-refractivity contribution is -0.137. The summed E-state index contributed by atoms with van der Waals surface area (Å²) in [4.78, 5) is 36.9. The van der Waals surface area contributed by atoms with Gasteiger partial charge in [-0.1, -0.05) is 31.0 Å². The Hall–Kier alpha value is -2.37. The molecule has 0 aliphatic carbocycles. The van der Waals surface area contributed by atoms with Gasteiger partial charge in [0.05, 0.1) is 0 Å². The summed E-state index contributed by atoms with van der Waals surface area (Å²) < 4.78 is 0. The number of carboxylic acid groups (broad SMARTS) is 1. The number of benzene rings is 1. The Bertz CT molecular complexity index is 595. The van der Waals surface area contributed by atoms with Crippen molar-refractivity contribution in [3.05, 3.63) is 35.9 Å². The number of hydrogen-bond acceptors (Lipinski definition) is 3. The van der Waals surface area contributed by atoms with Gasteiger partial charge in [0.2, 0.25) is 5.91 Å². The largest absolute Gasteiger partial charge is 0.481 e. The molecule has 1 fully saturated rings. The van der Waals surface area contributed by atoms with E-state index in [2.05, 4.69) is 5.32 Å². The summed E-state index contributed by atoms with van der Waals surface area (Å²) >= 11 is 0. The molecule has 1 aromatic rings. The summed E-state index contributed by atoms with van der Waals surface area (Å²) in [6, 6.07) is 9.24. The Labute approximate surface area is 154 Å². The summed E-state index contributed by atoms with van der Waals surface area (Å²) in [5.74, 6) is -0.676. The smallest absolute Gasteiger partial charge is 0.303 e. The Morgan fingerprint density at radius 1 is 1.00 bits per heavy atom. The van der Waals surface area contributed by atoms with Crippen molar-refractivity contribution in [2.45, 2.75) is 44.9 Å². The molecule has 26 heavy (non-hydrogen) atoms. The number of unbranched alkanes of at least 4 members (excludes halogenated alkanes) is 3. The van der Waals surface area contributed by atoms with Crippen molar-refractivity contribution in [3.63, 3.8) is 0 Å². The van der Waals surface area contributed by atoms with Crippen LogP contribution in [0.25, 0.3) is 0 Å². The maximum atomic E-state index is 12.4. The maximum absolute atomic E-state index is 12.4. The van der Waals surface area contributed by atoms with Crippen LogP contribution in [0.1, 0.15) is 55.3 Å². The van der Waals surface area contributed by atoms with Crippen LogP contribution in [-0.4, -0.2) is 47.4 Å². The number of likely N-dealkylation sites (tertiary alicyclic amines) is 1. The molecule has 0 radical (unpaired) electrons. The number of aliphatic carboxylic acids is 1. The molecule has 0 unspecified atom stereocenters. The second-order valence-corrected chi connectivity index (χ2v) is 6.78. The number of carbonyl (C=O) groups is 3. The Balaban J connectivity index is 1.61. The molecule has 0 spiro atoms. The maximum Gasteiger partial charge on any atom is 0.303 e. The van der Waals surface area contributed by atoms with Crippen molar-refractivity contribution in [1.29, 1.82) is 0 Å². The molecular formula is C20H28N2O4. The van der Waals surface area contributed by atoms with Crippen molar-refractivity contribution in [3.8, 4) is 0 Å². The number of nitrogens with one attached hydrogen (secondary N) is 1. The highest BCUT2D eigenvalue weighted by Gasteiger charge is 2.27. The third-order valence-corrected chi connectivity index (χ3v) is 4.79. The van der Waals surface area contributed by atoms with Gasteiger partial charge in [-0.3, -0.25) is 14.4 Å². The van der Waals surface area contributed by atoms with E-state index in [0.717, 1.165) is 19.3 Å². The van der Waals surface area contributed by atoms with Gasteiger partial charge < -0.3 is 15.3 Å². The molecule has 2 rings (SSSR count). The first-order valence-corrected chi connectivity index (χ1v) is 9.42. The van der Waals surface area contributed by atoms with E-state index in [1.807, 2.05) is 35.2 Å². The molecule has 0 saturated carbocycles. The number of piperidine rings is 1. The average molecular weight is 360 g/mol. The molecule has 1 saturated heterocycles. The summed E-state index contributed by atoms with van der Waals surface area (Å²) in [5.41, 5.74) is 0.693. The highest BCUT2D eigenvalue weighted by Crippen LogP contribution is 2.19. The number of carboxylic acids is 1. The summed E-state index contributed by atoms with van der Waals surface area (Å²) in [7, 11) is 0. The highest BCUT2D eigenvalue weighted by atomic mass is 16.4. The zero-order valence-corrected chi connectivity index (χ0v) is 15.2. The lowest BCUT2D eigenvalue weighted by Crippen LogP contribution is -2.43. The van der Waals surface area contributed by atoms with Gasteiger partial charge >= 0.3 is 5.97 Å². The van der Waals surface area contributed by atoms with Gasteiger partial charge in [-0.2, -0.15) is 0 Å². The number of hydrogen-bond donors (Lipinski definition) is 2. The highest BCUT2D eigenvalue weighted by molar-refractivity contribution is 5.94. The van der Waals surface area contributed by atoms with Crippen LogP contribution in [0.15, 0.2) is 30.3 Å². The molecule has 0 atom stereocenters. The summed E-state index contributed by atoms with van der Waals surface area (Å²) in [6.45, 7) is 1.86. The first kappa shape index (κ1) is 19.9. The molecule has 2 N–H and O–H groups in total. The van der Waals surface area contributed by atoms with E-state index < -0.39 is 5.97 Å². The topological polar surface area (TPSA) is 86.7 Å². The van der Waals surface area contributed by atoms with E-state index in [1.54, 1.807) is 0 Å². The Morgan fingerprint density at radius 3 is 2.31 bits per heavy atom. The Morgan fingerprint density at radius 2 is 1.65 bits per heavy atom. The van der Waals surface area contributed by atoms with Gasteiger partial charge in [0, 0.05) is 37.5 Å². The van der Waals surface area contributed by atoms with E-state index in [9.17, 15) is 14.4 Å². The fraction of sp³-hybridized carbons (Fsp3) is 0.550. The molecule has 142 valence electrons. The molecule has 6 heteroatoms. The van der Waals surface area contributed by atoms with Crippen molar-refractivity contribution >= 4 is 17.8 Å². The minimum Gasteiger partial charge on any atom is -0.481 e. The molecule has 2 amide bonds. The van der Waals surface area contributed by atoms with Crippen molar-refractivity contribution in [2.24, 2.45) is 5.92 Å². The van der Waals surface area contributed by atoms with Crippen molar-refractivity contribution in [2.75, 3.05) is 19.6 Å². The minimum atomic E-state index is -0.754. The minimum absolute atomic E-state index is 0.0261. The van der Waals surface area contributed by atoms with Gasteiger partial charge in [0.15, 0.2) is 0 Å². The first-order chi connectivity index (χ1) is 12.6. The van der Waals surface area contributed by atoms with Gasteiger partial charge in [-0.05, 0) is 37.8 Å². The van der Waals surface area contributed by atoms with E-state index in [-0.39, 0.29) is 24.2 Å². The van der Waals surface area contributed by atoms with Crippen LogP contribution < -0.4 is 5.32 Å². The van der Waals surface area contributed by atoms with Crippen LogP contribution in [0.5, 0.6) is 0 Å². The average Bonchev–Trinajstić information content (AvgIpc) is 2.67. The number of carbonyl (C=O) groups excluding carboxylic acids is 2. The first-order valence-electron chi connectivity index (χ1n) is 9.42. The normalized spacial score (nSPS) is 14.8. The summed E-state index contributed by atoms with van der Waals surface area (Å²) in [5, 5.41) is 11.5. The predicted octanol–water partition coefficient (Wildman–Crippen LogP) is 2.69. The molecule has 1 aliphatic heterocycles. The van der Waals surface area contributed by atoms with E-state index in [0.29, 0.717) is 44.5 Å². The van der Waals surface area contributed by atoms with E-state index in [1.165, 1.54) is 0 Å². The molecule has 1 heterocycles. The van der Waals surface area contributed by atoms with Crippen molar-refractivity contribution < 1.29 is 19.5 Å². The quantitative estimate of drug-likeness (QED) is 0.663. The molecule has 1 aliphatic rings. The third kappa shape index (κ3) is 6.50. The standard InChI is InChI=1S/C20H28N2O4/c23-18(24)10-6-1-2-7-13-21-19(25)16-11-14-22(15-12-16)20(26)17-8-4-3-5-9-17/h3-5,8-9,16H,1-2,6-7,10-15H2,(H,21,25)(H,23,24). The SMILES string of the molecule is O=C(O)CCCCCCNC(=O)C1CCN(C(=O)c2ccccc2)CC1. The predicted molar refractivity (Wildman–Crippen MR) is 98.8 cm³/mol. The Kier molecular flexibility index (Phi) is 8.12. The molecule has 6 nitrogen and oxygen atoms in total. The van der Waals surface area contributed by atoms with Crippen LogP contribution >= 0.6 is 0 Å². The number of rotatable bonds is 9. The second-order valence-electron chi connectivity index (χ2n) is 6.78. The molecular weight excluding hydrogens is 332 g/mol. The zero-order valence-electron chi connectivity index (χ0n) is 15.2. The van der Waals surface area contributed by atoms with Gasteiger partial charge in [-0.15, -0.1) is 0 Å². The third-order valence-electron chi connectivity index (χ3n) is 4.79. The van der Waals surface area contributed by atoms with E-state index >= 15 is 0 Å².